The molecular formula is C23H23ClN2O3. The minimum Gasteiger partial charge on any atom is -0.480 e. The molecular weight excluding hydrogens is 388 g/mol. The maximum atomic E-state index is 12.4. The Bertz CT molecular complexity index is 1040. The molecule has 0 aliphatic carbocycles. The lowest BCUT2D eigenvalue weighted by molar-refractivity contribution is -0.129. The van der Waals surface area contributed by atoms with Crippen LogP contribution in [-0.4, -0.2) is 24.5 Å². The smallest absolute Gasteiger partial charge is 0.261 e. The molecule has 29 heavy (non-hydrogen) atoms. The summed E-state index contributed by atoms with van der Waals surface area (Å²) in [5.74, 6) is -0.104. The maximum Gasteiger partial charge on any atom is 0.261 e. The average Bonchev–Trinajstić information content (AvgIpc) is 2.71. The van der Waals surface area contributed by atoms with Gasteiger partial charge in [-0.25, -0.2) is 0 Å². The van der Waals surface area contributed by atoms with Gasteiger partial charge in [-0.2, -0.15) is 0 Å². The van der Waals surface area contributed by atoms with Gasteiger partial charge in [-0.1, -0.05) is 54.1 Å². The molecule has 0 spiro atoms. The first-order valence-electron chi connectivity index (χ1n) is 9.34. The Morgan fingerprint density at radius 3 is 2.31 bits per heavy atom. The molecule has 0 saturated carbocycles. The van der Waals surface area contributed by atoms with Crippen LogP contribution in [0.25, 0.3) is 10.8 Å². The standard InChI is InChI=1S/C23H23ClN2O3/c1-14-7-6-8-15(2)22(14)26-21(27)13-25-23(28)16(3)29-20-12-11-19(24)17-9-4-5-10-18(17)20/h4-12,16H,13H2,1-3H3,(H,25,28)(H,26,27)/t16-/m1/s1. The van der Waals surface area contributed by atoms with Gasteiger partial charge in [0.05, 0.1) is 6.54 Å². The Hall–Kier alpha value is -3.05. The molecule has 1 atom stereocenters. The van der Waals surface area contributed by atoms with Crippen LogP contribution in [0.4, 0.5) is 5.69 Å². The number of carbonyl (C=O) groups excluding carboxylic acids is 2. The molecule has 0 radical (unpaired) electrons. The first kappa shape index (κ1) is 20.7. The Morgan fingerprint density at radius 2 is 1.62 bits per heavy atom. The van der Waals surface area contributed by atoms with E-state index in [0.29, 0.717) is 10.8 Å². The molecule has 0 aliphatic heterocycles. The first-order valence-corrected chi connectivity index (χ1v) is 9.72. The number of anilines is 1. The van der Waals surface area contributed by atoms with Crippen LogP contribution < -0.4 is 15.4 Å². The van der Waals surface area contributed by atoms with Gasteiger partial charge >= 0.3 is 0 Å². The largest absolute Gasteiger partial charge is 0.480 e. The van der Waals surface area contributed by atoms with E-state index in [0.717, 1.165) is 27.6 Å². The number of halogens is 1. The van der Waals surface area contributed by atoms with E-state index in [4.69, 9.17) is 16.3 Å². The van der Waals surface area contributed by atoms with Gasteiger partial charge in [0.25, 0.3) is 5.91 Å². The van der Waals surface area contributed by atoms with E-state index in [2.05, 4.69) is 10.6 Å². The second-order valence-electron chi connectivity index (χ2n) is 6.88. The fraction of sp³-hybridized carbons (Fsp3) is 0.217. The third-order valence-corrected chi connectivity index (χ3v) is 5.00. The highest BCUT2D eigenvalue weighted by Gasteiger charge is 2.17. The summed E-state index contributed by atoms with van der Waals surface area (Å²) in [7, 11) is 0. The van der Waals surface area contributed by atoms with E-state index in [9.17, 15) is 9.59 Å². The van der Waals surface area contributed by atoms with E-state index in [-0.39, 0.29) is 18.4 Å². The zero-order chi connectivity index (χ0) is 21.0. The number of nitrogens with one attached hydrogen (secondary N) is 2. The highest BCUT2D eigenvalue weighted by molar-refractivity contribution is 6.35. The minimum absolute atomic E-state index is 0.137. The van der Waals surface area contributed by atoms with Gasteiger partial charge in [-0.15, -0.1) is 0 Å². The number of carbonyl (C=O) groups is 2. The zero-order valence-electron chi connectivity index (χ0n) is 16.6. The van der Waals surface area contributed by atoms with Crippen LogP contribution in [0.3, 0.4) is 0 Å². The van der Waals surface area contributed by atoms with Crippen LogP contribution in [0.5, 0.6) is 5.75 Å². The summed E-state index contributed by atoms with van der Waals surface area (Å²) in [6.45, 7) is 5.35. The SMILES string of the molecule is Cc1cccc(C)c1NC(=O)CNC(=O)[C@@H](C)Oc1ccc(Cl)c2ccccc12. The summed E-state index contributed by atoms with van der Waals surface area (Å²) in [5, 5.41) is 7.76. The van der Waals surface area contributed by atoms with Crippen molar-refractivity contribution in [1.29, 1.82) is 0 Å². The molecule has 6 heteroatoms. The van der Waals surface area contributed by atoms with Crippen LogP contribution in [0.1, 0.15) is 18.1 Å². The summed E-state index contributed by atoms with van der Waals surface area (Å²) in [6.07, 6.45) is -0.771. The lowest BCUT2D eigenvalue weighted by Gasteiger charge is -2.17. The number of fused-ring (bicyclic) bond motifs is 1. The molecule has 3 rings (SSSR count). The van der Waals surface area contributed by atoms with Crippen LogP contribution in [-0.2, 0) is 9.59 Å². The molecule has 3 aromatic carbocycles. The third-order valence-electron chi connectivity index (χ3n) is 4.67. The molecule has 0 fully saturated rings. The number of aryl methyl sites for hydroxylation is 2. The van der Waals surface area contributed by atoms with Crippen molar-refractivity contribution in [3.8, 4) is 5.75 Å². The number of ether oxygens (including phenoxy) is 1. The van der Waals surface area contributed by atoms with Crippen LogP contribution in [0.2, 0.25) is 5.02 Å². The maximum absolute atomic E-state index is 12.4. The van der Waals surface area contributed by atoms with Crippen molar-refractivity contribution in [2.24, 2.45) is 0 Å². The van der Waals surface area contributed by atoms with Crippen molar-refractivity contribution < 1.29 is 14.3 Å². The van der Waals surface area contributed by atoms with E-state index in [1.165, 1.54) is 0 Å². The molecule has 0 bridgehead atoms. The van der Waals surface area contributed by atoms with E-state index in [1.54, 1.807) is 19.1 Å². The molecule has 150 valence electrons. The third kappa shape index (κ3) is 4.87. The van der Waals surface area contributed by atoms with Crippen LogP contribution in [0, 0.1) is 13.8 Å². The Morgan fingerprint density at radius 1 is 0.966 bits per heavy atom. The van der Waals surface area contributed by atoms with E-state index in [1.807, 2.05) is 56.3 Å². The summed E-state index contributed by atoms with van der Waals surface area (Å²) in [4.78, 5) is 24.6. The number of para-hydroxylation sites is 1. The number of rotatable bonds is 6. The van der Waals surface area contributed by atoms with Crippen LogP contribution >= 0.6 is 11.6 Å². The van der Waals surface area contributed by atoms with Gasteiger partial charge in [-0.05, 0) is 44.0 Å². The molecule has 0 saturated heterocycles. The van der Waals surface area contributed by atoms with Crippen LogP contribution in [0.15, 0.2) is 54.6 Å². The lowest BCUT2D eigenvalue weighted by atomic mass is 10.1. The summed E-state index contributed by atoms with van der Waals surface area (Å²) < 4.78 is 5.83. The van der Waals surface area contributed by atoms with E-state index < -0.39 is 6.10 Å². The molecule has 5 nitrogen and oxygen atoms in total. The van der Waals surface area contributed by atoms with Crippen molar-refractivity contribution >= 4 is 39.9 Å². The first-order chi connectivity index (χ1) is 13.9. The molecule has 3 aromatic rings. The van der Waals surface area contributed by atoms with Gasteiger partial charge < -0.3 is 15.4 Å². The second-order valence-corrected chi connectivity index (χ2v) is 7.29. The Labute approximate surface area is 175 Å². The van der Waals surface area contributed by atoms with Crippen molar-refractivity contribution in [2.75, 3.05) is 11.9 Å². The van der Waals surface area contributed by atoms with Gasteiger partial charge in [0.15, 0.2) is 6.10 Å². The Balaban J connectivity index is 1.60. The molecule has 0 aliphatic rings. The van der Waals surface area contributed by atoms with E-state index >= 15 is 0 Å². The van der Waals surface area contributed by atoms with Crippen molar-refractivity contribution in [3.63, 3.8) is 0 Å². The van der Waals surface area contributed by atoms with Gasteiger partial charge in [-0.3, -0.25) is 9.59 Å². The Kier molecular flexibility index (Phi) is 6.39. The second kappa shape index (κ2) is 8.97. The number of hydrogen-bond acceptors (Lipinski definition) is 3. The van der Waals surface area contributed by atoms with Crippen molar-refractivity contribution in [1.82, 2.24) is 5.32 Å². The highest BCUT2D eigenvalue weighted by atomic mass is 35.5. The molecule has 0 aromatic heterocycles. The summed E-state index contributed by atoms with van der Waals surface area (Å²) >= 11 is 6.22. The number of benzene rings is 3. The van der Waals surface area contributed by atoms with Crippen molar-refractivity contribution in [2.45, 2.75) is 26.9 Å². The van der Waals surface area contributed by atoms with Gasteiger partial charge in [0, 0.05) is 21.5 Å². The topological polar surface area (TPSA) is 67.4 Å². The average molecular weight is 411 g/mol. The highest BCUT2D eigenvalue weighted by Crippen LogP contribution is 2.31. The summed E-state index contributed by atoms with van der Waals surface area (Å²) in [5.41, 5.74) is 2.70. The number of hydrogen-bond donors (Lipinski definition) is 2. The van der Waals surface area contributed by atoms with Crippen molar-refractivity contribution in [3.05, 3.63) is 70.7 Å². The minimum atomic E-state index is -0.771. The monoisotopic (exact) mass is 410 g/mol. The quantitative estimate of drug-likeness (QED) is 0.622. The normalized spacial score (nSPS) is 11.7. The summed E-state index contributed by atoms with van der Waals surface area (Å²) in [6, 6.07) is 16.8. The fourth-order valence-corrected chi connectivity index (χ4v) is 3.32. The zero-order valence-corrected chi connectivity index (χ0v) is 17.3. The fourth-order valence-electron chi connectivity index (χ4n) is 3.09. The lowest BCUT2D eigenvalue weighted by Crippen LogP contribution is -2.40. The predicted octanol–water partition coefficient (Wildman–Crippen LogP) is 4.63. The predicted molar refractivity (Wildman–Crippen MR) is 117 cm³/mol. The van der Waals surface area contributed by atoms with Gasteiger partial charge in [0.1, 0.15) is 5.75 Å². The van der Waals surface area contributed by atoms with Gasteiger partial charge in [0.2, 0.25) is 5.91 Å². The molecule has 2 N–H and O–H groups in total. The molecule has 2 amide bonds. The number of amides is 2. The molecule has 0 heterocycles. The molecule has 0 unspecified atom stereocenters.